The van der Waals surface area contributed by atoms with Gasteiger partial charge in [0.05, 0.1) is 7.11 Å². The van der Waals surface area contributed by atoms with E-state index in [4.69, 9.17) is 4.74 Å². The SMILES string of the molecule is COc1cccc(CC(Br)c2ccc(I)cc2)c1. The molecule has 94 valence electrons. The molecule has 0 aliphatic heterocycles. The van der Waals surface area contributed by atoms with Crippen LogP contribution in [0.3, 0.4) is 0 Å². The molecule has 2 rings (SSSR count). The lowest BCUT2D eigenvalue weighted by Gasteiger charge is -2.11. The molecule has 0 saturated carbocycles. The van der Waals surface area contributed by atoms with Crippen LogP contribution in [0.4, 0.5) is 0 Å². The van der Waals surface area contributed by atoms with Gasteiger partial charge in [-0.1, -0.05) is 40.2 Å². The van der Waals surface area contributed by atoms with Gasteiger partial charge in [-0.2, -0.15) is 0 Å². The van der Waals surface area contributed by atoms with Gasteiger partial charge in [-0.25, -0.2) is 0 Å². The highest BCUT2D eigenvalue weighted by Crippen LogP contribution is 2.28. The zero-order chi connectivity index (χ0) is 13.0. The zero-order valence-electron chi connectivity index (χ0n) is 10.1. The highest BCUT2D eigenvalue weighted by atomic mass is 127. The third-order valence-corrected chi connectivity index (χ3v) is 4.35. The minimum atomic E-state index is 0.335. The van der Waals surface area contributed by atoms with Gasteiger partial charge in [-0.05, 0) is 64.4 Å². The molecule has 0 bridgehead atoms. The average molecular weight is 417 g/mol. The number of halogens is 2. The van der Waals surface area contributed by atoms with Crippen molar-refractivity contribution >= 4 is 38.5 Å². The van der Waals surface area contributed by atoms with Crippen molar-refractivity contribution in [2.45, 2.75) is 11.2 Å². The lowest BCUT2D eigenvalue weighted by molar-refractivity contribution is 0.414. The molecule has 0 radical (unpaired) electrons. The van der Waals surface area contributed by atoms with Crippen molar-refractivity contribution < 1.29 is 4.74 Å². The van der Waals surface area contributed by atoms with Crippen LogP contribution in [-0.2, 0) is 6.42 Å². The van der Waals surface area contributed by atoms with Gasteiger partial charge in [0.1, 0.15) is 5.75 Å². The van der Waals surface area contributed by atoms with E-state index in [0.717, 1.165) is 12.2 Å². The van der Waals surface area contributed by atoms with E-state index >= 15 is 0 Å². The first-order valence-corrected chi connectivity index (χ1v) is 7.71. The van der Waals surface area contributed by atoms with Crippen LogP contribution in [0.1, 0.15) is 16.0 Å². The van der Waals surface area contributed by atoms with Crippen molar-refractivity contribution in [1.29, 1.82) is 0 Å². The monoisotopic (exact) mass is 416 g/mol. The second-order valence-corrected chi connectivity index (χ2v) is 6.43. The van der Waals surface area contributed by atoms with Crippen molar-refractivity contribution in [1.82, 2.24) is 0 Å². The van der Waals surface area contributed by atoms with Crippen molar-refractivity contribution in [2.24, 2.45) is 0 Å². The lowest BCUT2D eigenvalue weighted by Crippen LogP contribution is -1.96. The summed E-state index contributed by atoms with van der Waals surface area (Å²) in [4.78, 5) is 0.335. The Labute approximate surface area is 130 Å². The molecular weight excluding hydrogens is 403 g/mol. The van der Waals surface area contributed by atoms with E-state index in [-0.39, 0.29) is 0 Å². The number of rotatable bonds is 4. The molecule has 0 spiro atoms. The van der Waals surface area contributed by atoms with E-state index in [9.17, 15) is 0 Å². The van der Waals surface area contributed by atoms with Crippen LogP contribution < -0.4 is 4.74 Å². The largest absolute Gasteiger partial charge is 0.497 e. The molecule has 1 unspecified atom stereocenters. The van der Waals surface area contributed by atoms with Gasteiger partial charge in [-0.15, -0.1) is 0 Å². The van der Waals surface area contributed by atoms with Gasteiger partial charge in [0.25, 0.3) is 0 Å². The number of hydrogen-bond donors (Lipinski definition) is 0. The molecule has 1 nitrogen and oxygen atoms in total. The maximum absolute atomic E-state index is 5.24. The fourth-order valence-corrected chi connectivity index (χ4v) is 2.83. The Balaban J connectivity index is 2.10. The maximum Gasteiger partial charge on any atom is 0.119 e. The zero-order valence-corrected chi connectivity index (χ0v) is 13.8. The van der Waals surface area contributed by atoms with E-state index in [1.54, 1.807) is 7.11 Å². The van der Waals surface area contributed by atoms with E-state index in [2.05, 4.69) is 74.9 Å². The van der Waals surface area contributed by atoms with Gasteiger partial charge < -0.3 is 4.74 Å². The third-order valence-electron chi connectivity index (χ3n) is 2.78. The topological polar surface area (TPSA) is 9.23 Å². The lowest BCUT2D eigenvalue weighted by atomic mass is 10.0. The second-order valence-electron chi connectivity index (χ2n) is 4.07. The number of methoxy groups -OCH3 is 1. The smallest absolute Gasteiger partial charge is 0.119 e. The minimum absolute atomic E-state index is 0.335. The molecule has 0 aliphatic carbocycles. The normalized spacial score (nSPS) is 12.2. The van der Waals surface area contributed by atoms with Crippen molar-refractivity contribution in [2.75, 3.05) is 7.11 Å². The molecule has 0 heterocycles. The molecule has 0 aromatic heterocycles. The number of alkyl halides is 1. The Bertz CT molecular complexity index is 510. The van der Waals surface area contributed by atoms with Gasteiger partial charge in [0.15, 0.2) is 0 Å². The van der Waals surface area contributed by atoms with Gasteiger partial charge in [0.2, 0.25) is 0 Å². The number of hydrogen-bond acceptors (Lipinski definition) is 1. The highest BCUT2D eigenvalue weighted by Gasteiger charge is 2.08. The molecule has 18 heavy (non-hydrogen) atoms. The highest BCUT2D eigenvalue weighted by molar-refractivity contribution is 14.1. The molecule has 2 aromatic rings. The molecule has 1 atom stereocenters. The molecular formula is C15H14BrIO. The summed E-state index contributed by atoms with van der Waals surface area (Å²) >= 11 is 6.07. The number of benzene rings is 2. The van der Waals surface area contributed by atoms with E-state index < -0.39 is 0 Å². The summed E-state index contributed by atoms with van der Waals surface area (Å²) in [6.07, 6.45) is 0.956. The van der Waals surface area contributed by atoms with Crippen LogP contribution in [0.5, 0.6) is 5.75 Å². The predicted molar refractivity (Wildman–Crippen MR) is 87.5 cm³/mol. The molecule has 3 heteroatoms. The third kappa shape index (κ3) is 3.72. The van der Waals surface area contributed by atoms with Gasteiger partial charge in [-0.3, -0.25) is 0 Å². The van der Waals surface area contributed by atoms with Crippen LogP contribution in [0, 0.1) is 3.57 Å². The summed E-state index contributed by atoms with van der Waals surface area (Å²) in [6, 6.07) is 16.8. The molecule has 0 N–H and O–H groups in total. The molecule has 0 aliphatic rings. The first kappa shape index (κ1) is 13.9. The van der Waals surface area contributed by atoms with E-state index in [1.165, 1.54) is 14.7 Å². The summed E-state index contributed by atoms with van der Waals surface area (Å²) in [7, 11) is 1.70. The summed E-state index contributed by atoms with van der Waals surface area (Å²) < 4.78 is 6.50. The summed E-state index contributed by atoms with van der Waals surface area (Å²) in [6.45, 7) is 0. The minimum Gasteiger partial charge on any atom is -0.497 e. The Morgan fingerprint density at radius 3 is 2.56 bits per heavy atom. The average Bonchev–Trinajstić information content (AvgIpc) is 2.39. The maximum atomic E-state index is 5.24. The summed E-state index contributed by atoms with van der Waals surface area (Å²) in [5.74, 6) is 0.912. The van der Waals surface area contributed by atoms with Crippen molar-refractivity contribution in [3.63, 3.8) is 0 Å². The van der Waals surface area contributed by atoms with E-state index in [0.29, 0.717) is 4.83 Å². The van der Waals surface area contributed by atoms with Gasteiger partial charge >= 0.3 is 0 Å². The summed E-state index contributed by atoms with van der Waals surface area (Å²) in [5.41, 5.74) is 2.58. The van der Waals surface area contributed by atoms with Gasteiger partial charge in [0, 0.05) is 8.40 Å². The molecule has 0 fully saturated rings. The predicted octanol–water partition coefficient (Wildman–Crippen LogP) is 4.98. The number of ether oxygens (including phenoxy) is 1. The van der Waals surface area contributed by atoms with E-state index in [1.807, 2.05) is 12.1 Å². The Hall–Kier alpha value is -0.550. The molecule has 2 aromatic carbocycles. The standard InChI is InChI=1S/C15H14BrIO/c1-18-14-4-2-3-11(9-14)10-15(16)12-5-7-13(17)8-6-12/h2-9,15H,10H2,1H3. The Kier molecular flexibility index (Phi) is 5.06. The first-order valence-electron chi connectivity index (χ1n) is 5.71. The molecule has 0 amide bonds. The van der Waals surface area contributed by atoms with Crippen LogP contribution in [0.15, 0.2) is 48.5 Å². The fraction of sp³-hybridized carbons (Fsp3) is 0.200. The summed E-state index contributed by atoms with van der Waals surface area (Å²) in [5, 5.41) is 0. The van der Waals surface area contributed by atoms with Crippen LogP contribution >= 0.6 is 38.5 Å². The Morgan fingerprint density at radius 2 is 1.89 bits per heavy atom. The van der Waals surface area contributed by atoms with Crippen LogP contribution in [-0.4, -0.2) is 7.11 Å². The van der Waals surface area contributed by atoms with Crippen LogP contribution in [0.2, 0.25) is 0 Å². The van der Waals surface area contributed by atoms with Crippen molar-refractivity contribution in [3.8, 4) is 5.75 Å². The quantitative estimate of drug-likeness (QED) is 0.504. The first-order chi connectivity index (χ1) is 8.69. The fourth-order valence-electron chi connectivity index (χ4n) is 1.80. The second kappa shape index (κ2) is 6.57. The van der Waals surface area contributed by atoms with Crippen molar-refractivity contribution in [3.05, 3.63) is 63.2 Å². The van der Waals surface area contributed by atoms with Crippen LogP contribution in [0.25, 0.3) is 0 Å². The molecule has 0 saturated heterocycles. The Morgan fingerprint density at radius 1 is 1.17 bits per heavy atom.